The molecule has 0 fully saturated rings. The minimum atomic E-state index is 0.318. The number of phenols is 1. The number of aromatic amines is 1. The van der Waals surface area contributed by atoms with Crippen LogP contribution in [0.25, 0.3) is 10.9 Å². The van der Waals surface area contributed by atoms with Crippen molar-refractivity contribution in [2.75, 3.05) is 5.32 Å². The fourth-order valence-corrected chi connectivity index (χ4v) is 2.43. The number of aromatic hydroxyl groups is 1. The maximum atomic E-state index is 9.28. The molecule has 0 aliphatic carbocycles. The first-order valence-electron chi connectivity index (χ1n) is 7.18. The van der Waals surface area contributed by atoms with Crippen molar-refractivity contribution >= 4 is 16.6 Å². The van der Waals surface area contributed by atoms with Crippen molar-refractivity contribution in [2.24, 2.45) is 0 Å². The molecular weight excluding hydrogens is 262 g/mol. The Morgan fingerprint density at radius 3 is 2.81 bits per heavy atom. The Labute approximate surface area is 123 Å². The van der Waals surface area contributed by atoms with Crippen LogP contribution in [-0.4, -0.2) is 21.3 Å². The highest BCUT2D eigenvalue weighted by atomic mass is 16.3. The zero-order chi connectivity index (χ0) is 14.7. The van der Waals surface area contributed by atoms with E-state index in [1.165, 1.54) is 5.56 Å². The topological polar surface area (TPSA) is 60.9 Å². The number of phenolic OH excluding ortho intramolecular Hbond substituents is 1. The SMILES string of the molecule is C[C@H](CCc1ccc(O)cc1)Nc1ccc2[nH]ncc2c1. The van der Waals surface area contributed by atoms with E-state index in [4.69, 9.17) is 0 Å². The molecule has 3 aromatic rings. The summed E-state index contributed by atoms with van der Waals surface area (Å²) in [5, 5.41) is 20.9. The van der Waals surface area contributed by atoms with E-state index in [0.29, 0.717) is 11.8 Å². The van der Waals surface area contributed by atoms with Crippen molar-refractivity contribution < 1.29 is 5.11 Å². The maximum absolute atomic E-state index is 9.28. The van der Waals surface area contributed by atoms with Gasteiger partial charge in [0.15, 0.2) is 0 Å². The summed E-state index contributed by atoms with van der Waals surface area (Å²) in [6, 6.07) is 14.0. The van der Waals surface area contributed by atoms with Crippen LogP contribution in [0.4, 0.5) is 5.69 Å². The number of nitrogens with zero attached hydrogens (tertiary/aromatic N) is 1. The average molecular weight is 281 g/mol. The second kappa shape index (κ2) is 5.87. The molecule has 0 radical (unpaired) electrons. The second-order valence-electron chi connectivity index (χ2n) is 5.42. The largest absolute Gasteiger partial charge is 0.508 e. The van der Waals surface area contributed by atoms with Gasteiger partial charge in [0.1, 0.15) is 5.75 Å². The number of anilines is 1. The summed E-state index contributed by atoms with van der Waals surface area (Å²) in [7, 11) is 0. The molecule has 4 heteroatoms. The van der Waals surface area contributed by atoms with E-state index >= 15 is 0 Å². The average Bonchev–Trinajstić information content (AvgIpc) is 2.94. The molecule has 0 amide bonds. The summed E-state index contributed by atoms with van der Waals surface area (Å²) in [5.41, 5.74) is 3.41. The molecule has 0 saturated carbocycles. The highest BCUT2D eigenvalue weighted by Gasteiger charge is 2.04. The van der Waals surface area contributed by atoms with Gasteiger partial charge in [0.25, 0.3) is 0 Å². The number of hydrogen-bond donors (Lipinski definition) is 3. The van der Waals surface area contributed by atoms with Crippen LogP contribution >= 0.6 is 0 Å². The first kappa shape index (κ1) is 13.5. The fraction of sp³-hybridized carbons (Fsp3) is 0.235. The molecule has 1 atom stereocenters. The molecule has 0 spiro atoms. The van der Waals surface area contributed by atoms with Crippen LogP contribution in [0, 0.1) is 0 Å². The van der Waals surface area contributed by atoms with Crippen molar-refractivity contribution in [2.45, 2.75) is 25.8 Å². The summed E-state index contributed by atoms with van der Waals surface area (Å²) < 4.78 is 0. The van der Waals surface area contributed by atoms with Gasteiger partial charge < -0.3 is 10.4 Å². The molecule has 3 N–H and O–H groups in total. The Kier molecular flexibility index (Phi) is 3.77. The van der Waals surface area contributed by atoms with Gasteiger partial charge in [-0.25, -0.2) is 0 Å². The van der Waals surface area contributed by atoms with Gasteiger partial charge in [-0.15, -0.1) is 0 Å². The highest BCUT2D eigenvalue weighted by molar-refractivity contribution is 5.81. The Morgan fingerprint density at radius 2 is 2.00 bits per heavy atom. The highest BCUT2D eigenvalue weighted by Crippen LogP contribution is 2.18. The van der Waals surface area contributed by atoms with Gasteiger partial charge in [-0.2, -0.15) is 5.10 Å². The van der Waals surface area contributed by atoms with Crippen molar-refractivity contribution in [3.8, 4) is 5.75 Å². The lowest BCUT2D eigenvalue weighted by atomic mass is 10.1. The summed E-state index contributed by atoms with van der Waals surface area (Å²) in [5.74, 6) is 0.318. The minimum Gasteiger partial charge on any atom is -0.508 e. The van der Waals surface area contributed by atoms with Gasteiger partial charge in [0.2, 0.25) is 0 Å². The molecule has 2 aromatic carbocycles. The molecule has 1 aromatic heterocycles. The van der Waals surface area contributed by atoms with E-state index < -0.39 is 0 Å². The Hall–Kier alpha value is -2.49. The molecule has 21 heavy (non-hydrogen) atoms. The number of fused-ring (bicyclic) bond motifs is 1. The quantitative estimate of drug-likeness (QED) is 0.668. The minimum absolute atomic E-state index is 0.318. The van der Waals surface area contributed by atoms with Crippen LogP contribution in [0.5, 0.6) is 5.75 Å². The predicted molar refractivity (Wildman–Crippen MR) is 85.6 cm³/mol. The first-order valence-corrected chi connectivity index (χ1v) is 7.18. The van der Waals surface area contributed by atoms with Crippen LogP contribution in [0.2, 0.25) is 0 Å². The number of aryl methyl sites for hydroxylation is 1. The number of aromatic nitrogens is 2. The van der Waals surface area contributed by atoms with Crippen LogP contribution in [0.15, 0.2) is 48.7 Å². The standard InChI is InChI=1S/C17H19N3O/c1-12(2-3-13-4-7-16(21)8-5-13)19-15-6-9-17-14(10-15)11-18-20-17/h4-12,19,21H,2-3H2,1H3,(H,18,20)/t12-/m1/s1. The Balaban J connectivity index is 1.58. The number of nitrogens with one attached hydrogen (secondary N) is 2. The second-order valence-corrected chi connectivity index (χ2v) is 5.42. The van der Waals surface area contributed by atoms with E-state index in [9.17, 15) is 5.11 Å². The third-order valence-corrected chi connectivity index (χ3v) is 3.66. The van der Waals surface area contributed by atoms with Crippen LogP contribution < -0.4 is 5.32 Å². The molecule has 108 valence electrons. The number of benzene rings is 2. The van der Waals surface area contributed by atoms with E-state index in [1.807, 2.05) is 24.4 Å². The van der Waals surface area contributed by atoms with Gasteiger partial charge in [-0.1, -0.05) is 12.1 Å². The lowest BCUT2D eigenvalue weighted by Crippen LogP contribution is -2.15. The van der Waals surface area contributed by atoms with Gasteiger partial charge in [-0.05, 0) is 55.7 Å². The number of hydrogen-bond acceptors (Lipinski definition) is 3. The predicted octanol–water partition coefficient (Wildman–Crippen LogP) is 3.70. The zero-order valence-electron chi connectivity index (χ0n) is 12.0. The van der Waals surface area contributed by atoms with E-state index in [2.05, 4.69) is 34.6 Å². The molecule has 3 rings (SSSR count). The lowest BCUT2D eigenvalue weighted by Gasteiger charge is -2.15. The number of rotatable bonds is 5. The normalized spacial score (nSPS) is 12.4. The Morgan fingerprint density at radius 1 is 1.19 bits per heavy atom. The zero-order valence-corrected chi connectivity index (χ0v) is 12.0. The summed E-state index contributed by atoms with van der Waals surface area (Å²) >= 11 is 0. The van der Waals surface area contributed by atoms with E-state index in [0.717, 1.165) is 29.4 Å². The van der Waals surface area contributed by atoms with Gasteiger partial charge in [-0.3, -0.25) is 5.10 Å². The fourth-order valence-electron chi connectivity index (χ4n) is 2.43. The molecular formula is C17H19N3O. The van der Waals surface area contributed by atoms with Crippen LogP contribution in [0.3, 0.4) is 0 Å². The summed E-state index contributed by atoms with van der Waals surface area (Å²) in [4.78, 5) is 0. The van der Waals surface area contributed by atoms with Crippen molar-refractivity contribution in [3.63, 3.8) is 0 Å². The first-order chi connectivity index (χ1) is 10.2. The molecule has 1 heterocycles. The van der Waals surface area contributed by atoms with Gasteiger partial charge in [0.05, 0.1) is 11.7 Å². The monoisotopic (exact) mass is 281 g/mol. The molecule has 0 saturated heterocycles. The molecule has 4 nitrogen and oxygen atoms in total. The molecule has 0 bridgehead atoms. The van der Waals surface area contributed by atoms with Crippen molar-refractivity contribution in [3.05, 3.63) is 54.2 Å². The van der Waals surface area contributed by atoms with Crippen LogP contribution in [0.1, 0.15) is 18.9 Å². The molecule has 0 unspecified atom stereocenters. The van der Waals surface area contributed by atoms with Crippen molar-refractivity contribution in [1.82, 2.24) is 10.2 Å². The van der Waals surface area contributed by atoms with E-state index in [-0.39, 0.29) is 0 Å². The number of H-pyrrole nitrogens is 1. The van der Waals surface area contributed by atoms with Gasteiger partial charge >= 0.3 is 0 Å². The summed E-state index contributed by atoms with van der Waals surface area (Å²) in [6.07, 6.45) is 3.86. The van der Waals surface area contributed by atoms with Crippen LogP contribution in [-0.2, 0) is 6.42 Å². The molecule has 0 aliphatic rings. The van der Waals surface area contributed by atoms with Crippen molar-refractivity contribution in [1.29, 1.82) is 0 Å². The summed E-state index contributed by atoms with van der Waals surface area (Å²) in [6.45, 7) is 2.18. The van der Waals surface area contributed by atoms with E-state index in [1.54, 1.807) is 12.1 Å². The molecule has 0 aliphatic heterocycles. The third-order valence-electron chi connectivity index (χ3n) is 3.66. The smallest absolute Gasteiger partial charge is 0.115 e. The third kappa shape index (κ3) is 3.34. The Bertz CT molecular complexity index is 718. The maximum Gasteiger partial charge on any atom is 0.115 e. The van der Waals surface area contributed by atoms with Gasteiger partial charge in [0, 0.05) is 17.1 Å². The lowest BCUT2D eigenvalue weighted by molar-refractivity contribution is 0.475.